The minimum Gasteiger partial charge on any atom is -0.481 e. The monoisotopic (exact) mass is 472 g/mol. The van der Waals surface area contributed by atoms with Crippen molar-refractivity contribution in [2.75, 3.05) is 0 Å². The molecule has 0 radical (unpaired) electrons. The maximum absolute atomic E-state index is 12.8. The first-order valence-corrected chi connectivity index (χ1v) is 14.0. The minimum absolute atomic E-state index is 0.00993. The molecule has 4 nitrogen and oxygen atoms in total. The van der Waals surface area contributed by atoms with E-state index in [-0.39, 0.29) is 27.6 Å². The van der Waals surface area contributed by atoms with E-state index in [0.717, 1.165) is 44.9 Å². The Bertz CT molecular complexity index is 907. The van der Waals surface area contributed by atoms with Crippen LogP contribution in [0.15, 0.2) is 11.6 Å². The van der Waals surface area contributed by atoms with Crippen LogP contribution in [0.25, 0.3) is 0 Å². The molecule has 11 atom stereocenters. The molecular formula is C30H48O4. The fourth-order valence-electron chi connectivity index (χ4n) is 11.0. The second kappa shape index (κ2) is 7.34. The molecule has 5 aliphatic rings. The van der Waals surface area contributed by atoms with Gasteiger partial charge < -0.3 is 15.3 Å². The molecule has 0 aromatic rings. The lowest BCUT2D eigenvalue weighted by atomic mass is 9.33. The van der Waals surface area contributed by atoms with Crippen molar-refractivity contribution in [3.05, 3.63) is 11.6 Å². The van der Waals surface area contributed by atoms with Crippen LogP contribution in [0.4, 0.5) is 0 Å². The van der Waals surface area contributed by atoms with Gasteiger partial charge >= 0.3 is 5.97 Å². The van der Waals surface area contributed by atoms with Crippen molar-refractivity contribution >= 4 is 5.97 Å². The molecule has 0 spiro atoms. The first-order chi connectivity index (χ1) is 15.7. The van der Waals surface area contributed by atoms with Crippen LogP contribution in [0.2, 0.25) is 0 Å². The molecule has 192 valence electrons. The number of carbonyl (C=O) groups is 1. The van der Waals surface area contributed by atoms with Crippen molar-refractivity contribution in [1.82, 2.24) is 0 Å². The Morgan fingerprint density at radius 3 is 2.26 bits per heavy atom. The summed E-state index contributed by atoms with van der Waals surface area (Å²) in [5.74, 6) is 1.30. The number of allylic oxidation sites excluding steroid dienone is 2. The van der Waals surface area contributed by atoms with Crippen molar-refractivity contribution in [2.45, 2.75) is 112 Å². The Kier molecular flexibility index (Phi) is 5.36. The van der Waals surface area contributed by atoms with Gasteiger partial charge in [0.25, 0.3) is 0 Å². The number of carboxylic acids is 1. The lowest BCUT2D eigenvalue weighted by molar-refractivity contribution is -0.232. The molecule has 34 heavy (non-hydrogen) atoms. The average Bonchev–Trinajstić information content (AvgIpc) is 2.75. The summed E-state index contributed by atoms with van der Waals surface area (Å²) in [6.07, 6.45) is 8.53. The summed E-state index contributed by atoms with van der Waals surface area (Å²) in [5, 5.41) is 32.4. The third-order valence-corrected chi connectivity index (χ3v) is 13.4. The Balaban J connectivity index is 1.62. The molecular weight excluding hydrogens is 424 g/mol. The molecule has 4 fully saturated rings. The van der Waals surface area contributed by atoms with Gasteiger partial charge in [0, 0.05) is 0 Å². The van der Waals surface area contributed by atoms with Crippen LogP contribution < -0.4 is 0 Å². The third kappa shape index (κ3) is 2.76. The standard InChI is InChI=1S/C30H48O4/c1-17-10-13-30(25(33)34)15-14-28(6)19(23(30)18(17)2)8-9-22-27(5)16-20(31)24(32)26(3,4)21(27)11-12-29(22,28)7/h8,17-18,20-24,31-32H,9-16H2,1-7H3,(H,33,34)/t17-,18+,20-,21+,22-,23-,24-,27+,28-,29-,30+/m1/s1. The smallest absolute Gasteiger partial charge is 0.310 e. The van der Waals surface area contributed by atoms with E-state index in [1.54, 1.807) is 0 Å². The van der Waals surface area contributed by atoms with E-state index >= 15 is 0 Å². The predicted molar refractivity (Wildman–Crippen MR) is 134 cm³/mol. The zero-order chi connectivity index (χ0) is 25.1. The predicted octanol–water partition coefficient (Wildman–Crippen LogP) is 6.06. The van der Waals surface area contributed by atoms with Gasteiger partial charge in [-0.05, 0) is 103 Å². The van der Waals surface area contributed by atoms with Crippen LogP contribution in [0.1, 0.15) is 99.8 Å². The number of rotatable bonds is 1. The van der Waals surface area contributed by atoms with E-state index in [1.807, 2.05) is 0 Å². The topological polar surface area (TPSA) is 77.8 Å². The minimum atomic E-state index is -0.679. The van der Waals surface area contributed by atoms with Gasteiger partial charge in [-0.2, -0.15) is 0 Å². The summed E-state index contributed by atoms with van der Waals surface area (Å²) < 4.78 is 0. The fraction of sp³-hybridized carbons (Fsp3) is 0.900. The zero-order valence-corrected chi connectivity index (χ0v) is 22.5. The molecule has 0 saturated heterocycles. The highest BCUT2D eigenvalue weighted by Gasteiger charge is 2.70. The van der Waals surface area contributed by atoms with Gasteiger partial charge in [0.05, 0.1) is 17.6 Å². The maximum atomic E-state index is 12.8. The third-order valence-electron chi connectivity index (χ3n) is 13.4. The van der Waals surface area contributed by atoms with Crippen molar-refractivity contribution in [3.8, 4) is 0 Å². The number of carboxylic acid groups (broad SMARTS) is 1. The van der Waals surface area contributed by atoms with E-state index in [9.17, 15) is 20.1 Å². The molecule has 0 aromatic heterocycles. The Morgan fingerprint density at radius 2 is 1.62 bits per heavy atom. The van der Waals surface area contributed by atoms with E-state index in [0.29, 0.717) is 30.1 Å². The van der Waals surface area contributed by atoms with Gasteiger partial charge in [0.2, 0.25) is 0 Å². The molecule has 5 aliphatic carbocycles. The molecule has 0 aliphatic heterocycles. The summed E-state index contributed by atoms with van der Waals surface area (Å²) in [6, 6.07) is 0. The molecule has 0 aromatic carbocycles. The van der Waals surface area contributed by atoms with Gasteiger partial charge in [-0.3, -0.25) is 4.79 Å². The average molecular weight is 473 g/mol. The molecule has 0 unspecified atom stereocenters. The highest BCUT2D eigenvalue weighted by atomic mass is 16.4. The van der Waals surface area contributed by atoms with Gasteiger partial charge in [0.15, 0.2) is 0 Å². The van der Waals surface area contributed by atoms with Crippen LogP contribution >= 0.6 is 0 Å². The largest absolute Gasteiger partial charge is 0.481 e. The van der Waals surface area contributed by atoms with Crippen LogP contribution in [0.3, 0.4) is 0 Å². The molecule has 5 rings (SSSR count). The Hall–Kier alpha value is -0.870. The number of aliphatic carboxylic acids is 1. The molecule has 0 heterocycles. The van der Waals surface area contributed by atoms with Crippen molar-refractivity contribution in [2.24, 2.45) is 56.7 Å². The van der Waals surface area contributed by atoms with E-state index in [1.165, 1.54) is 5.57 Å². The summed E-state index contributed by atoms with van der Waals surface area (Å²) >= 11 is 0. The Labute approximate surface area is 206 Å². The van der Waals surface area contributed by atoms with Crippen LogP contribution in [-0.2, 0) is 4.79 Å². The lowest BCUT2D eigenvalue weighted by Gasteiger charge is -2.71. The van der Waals surface area contributed by atoms with Crippen molar-refractivity contribution in [1.29, 1.82) is 0 Å². The quantitative estimate of drug-likeness (QED) is 0.405. The molecule has 0 bridgehead atoms. The summed E-state index contributed by atoms with van der Waals surface area (Å²) in [6.45, 7) is 16.3. The zero-order valence-electron chi connectivity index (χ0n) is 22.5. The van der Waals surface area contributed by atoms with Gasteiger partial charge in [-0.1, -0.05) is 60.1 Å². The van der Waals surface area contributed by atoms with Crippen LogP contribution in [-0.4, -0.2) is 33.5 Å². The number of hydrogen-bond donors (Lipinski definition) is 3. The lowest BCUT2D eigenvalue weighted by Crippen LogP contribution is -2.67. The number of aliphatic hydroxyl groups excluding tert-OH is 2. The molecule has 3 N–H and O–H groups in total. The van der Waals surface area contributed by atoms with E-state index < -0.39 is 23.6 Å². The highest BCUT2D eigenvalue weighted by Crippen LogP contribution is 2.75. The number of hydrogen-bond acceptors (Lipinski definition) is 3. The summed E-state index contributed by atoms with van der Waals surface area (Å²) in [4.78, 5) is 12.8. The highest BCUT2D eigenvalue weighted by molar-refractivity contribution is 5.76. The number of fused-ring (bicyclic) bond motifs is 7. The van der Waals surface area contributed by atoms with Crippen molar-refractivity contribution < 1.29 is 20.1 Å². The van der Waals surface area contributed by atoms with Crippen LogP contribution in [0.5, 0.6) is 0 Å². The summed E-state index contributed by atoms with van der Waals surface area (Å²) in [7, 11) is 0. The second-order valence-electron chi connectivity index (χ2n) is 14.6. The van der Waals surface area contributed by atoms with Crippen LogP contribution in [0, 0.1) is 56.7 Å². The molecule has 0 amide bonds. The first kappa shape index (κ1) is 24.8. The normalized spacial score (nSPS) is 56.3. The van der Waals surface area contributed by atoms with Gasteiger partial charge in [-0.25, -0.2) is 0 Å². The SMILES string of the molecule is C[C@H]1[C@H](C)CC[C@]2(C(=O)O)CC[C@]3(C)C(=CC[C@@H]4[C@@]5(C)C[C@@H](O)[C@@H](O)C(C)(C)[C@@H]5CC[C@]43C)[C@@H]12. The molecule has 4 heteroatoms. The molecule has 4 saturated carbocycles. The maximum Gasteiger partial charge on any atom is 0.310 e. The fourth-order valence-corrected chi connectivity index (χ4v) is 11.0. The van der Waals surface area contributed by atoms with Gasteiger partial charge in [0.1, 0.15) is 0 Å². The Morgan fingerprint density at radius 1 is 0.941 bits per heavy atom. The summed E-state index contributed by atoms with van der Waals surface area (Å²) in [5.41, 5.74) is 0.574. The first-order valence-electron chi connectivity index (χ1n) is 14.0. The second-order valence-corrected chi connectivity index (χ2v) is 14.6. The van der Waals surface area contributed by atoms with E-state index in [2.05, 4.69) is 54.5 Å². The van der Waals surface area contributed by atoms with Gasteiger partial charge in [-0.15, -0.1) is 0 Å². The van der Waals surface area contributed by atoms with E-state index in [4.69, 9.17) is 0 Å². The number of aliphatic hydroxyl groups is 2. The van der Waals surface area contributed by atoms with Crippen molar-refractivity contribution in [3.63, 3.8) is 0 Å².